The van der Waals surface area contributed by atoms with Gasteiger partial charge >= 0.3 is 0 Å². The Morgan fingerprint density at radius 2 is 2.00 bits per heavy atom. The van der Waals surface area contributed by atoms with E-state index in [-0.39, 0.29) is 18.1 Å². The summed E-state index contributed by atoms with van der Waals surface area (Å²) < 4.78 is 33.9. The average Bonchev–Trinajstić information content (AvgIpc) is 2.96. The summed E-state index contributed by atoms with van der Waals surface area (Å²) in [6.45, 7) is 6.95. The number of pyridine rings is 1. The first-order valence-electron chi connectivity index (χ1n) is 8.70. The fraction of sp³-hybridized carbons (Fsp3) is 0.688. The molecule has 3 rings (SSSR count). The van der Waals surface area contributed by atoms with Crippen LogP contribution in [0.4, 0.5) is 0 Å². The van der Waals surface area contributed by atoms with Gasteiger partial charge in [0.2, 0.25) is 10.0 Å². The SMILES string of the molecule is CC1NNC(C)C1S(=O)(=O)NCC(c1cccnc1)N1CCOCC1. The Morgan fingerprint density at radius 1 is 1.32 bits per heavy atom. The number of morpholine rings is 1. The predicted octanol–water partition coefficient (Wildman–Crippen LogP) is -0.372. The zero-order valence-electron chi connectivity index (χ0n) is 14.7. The number of sulfonamides is 1. The monoisotopic (exact) mass is 369 g/mol. The van der Waals surface area contributed by atoms with E-state index in [0.29, 0.717) is 19.8 Å². The van der Waals surface area contributed by atoms with Crippen molar-refractivity contribution in [1.29, 1.82) is 0 Å². The maximum absolute atomic E-state index is 12.8. The maximum Gasteiger partial charge on any atom is 0.217 e. The summed E-state index contributed by atoms with van der Waals surface area (Å²) in [4.78, 5) is 6.44. The van der Waals surface area contributed by atoms with Crippen LogP contribution in [-0.4, -0.2) is 68.5 Å². The molecule has 9 heteroatoms. The zero-order chi connectivity index (χ0) is 17.9. The summed E-state index contributed by atoms with van der Waals surface area (Å²) in [5.41, 5.74) is 7.01. The Labute approximate surface area is 149 Å². The van der Waals surface area contributed by atoms with E-state index >= 15 is 0 Å². The van der Waals surface area contributed by atoms with E-state index in [4.69, 9.17) is 4.74 Å². The van der Waals surface area contributed by atoms with Crippen LogP contribution in [0.3, 0.4) is 0 Å². The summed E-state index contributed by atoms with van der Waals surface area (Å²) in [7, 11) is -3.45. The molecule has 2 saturated heterocycles. The smallest absolute Gasteiger partial charge is 0.217 e. The van der Waals surface area contributed by atoms with E-state index in [1.165, 1.54) is 0 Å². The number of nitrogens with zero attached hydrogens (tertiary/aromatic N) is 2. The van der Waals surface area contributed by atoms with Crippen molar-refractivity contribution in [2.24, 2.45) is 0 Å². The van der Waals surface area contributed by atoms with Crippen molar-refractivity contribution >= 4 is 10.0 Å². The van der Waals surface area contributed by atoms with Crippen LogP contribution in [0.15, 0.2) is 24.5 Å². The Balaban J connectivity index is 1.74. The van der Waals surface area contributed by atoms with E-state index in [2.05, 4.69) is 25.5 Å². The molecule has 0 spiro atoms. The van der Waals surface area contributed by atoms with Crippen LogP contribution in [0.5, 0.6) is 0 Å². The number of hydrazine groups is 1. The number of hydrogen-bond donors (Lipinski definition) is 3. The van der Waals surface area contributed by atoms with E-state index in [1.807, 2.05) is 26.0 Å². The Morgan fingerprint density at radius 3 is 2.60 bits per heavy atom. The zero-order valence-corrected chi connectivity index (χ0v) is 15.5. The summed E-state index contributed by atoms with van der Waals surface area (Å²) >= 11 is 0. The second-order valence-electron chi connectivity index (χ2n) is 6.67. The molecule has 0 aromatic carbocycles. The highest BCUT2D eigenvalue weighted by Gasteiger charge is 2.40. The summed E-state index contributed by atoms with van der Waals surface area (Å²) in [5, 5.41) is -0.508. The van der Waals surface area contributed by atoms with Crippen LogP contribution in [-0.2, 0) is 14.8 Å². The standard InChI is InChI=1S/C16H27N5O3S/c1-12-16(13(2)20-19-12)25(22,23)18-11-15(14-4-3-5-17-10-14)21-6-8-24-9-7-21/h3-5,10,12-13,15-16,18-20H,6-9,11H2,1-2H3. The van der Waals surface area contributed by atoms with Crippen molar-refractivity contribution < 1.29 is 13.2 Å². The molecule has 140 valence electrons. The van der Waals surface area contributed by atoms with Crippen molar-refractivity contribution in [2.75, 3.05) is 32.8 Å². The Kier molecular flexibility index (Phi) is 6.03. The fourth-order valence-electron chi connectivity index (χ4n) is 3.61. The quantitative estimate of drug-likeness (QED) is 0.629. The van der Waals surface area contributed by atoms with Crippen LogP contribution < -0.4 is 15.6 Å². The van der Waals surface area contributed by atoms with Gasteiger partial charge in [0.15, 0.2) is 0 Å². The molecule has 0 saturated carbocycles. The molecule has 1 aromatic heterocycles. The minimum absolute atomic E-state index is 0.0553. The van der Waals surface area contributed by atoms with Gasteiger partial charge in [-0.2, -0.15) is 0 Å². The largest absolute Gasteiger partial charge is 0.379 e. The van der Waals surface area contributed by atoms with Crippen molar-refractivity contribution in [3.05, 3.63) is 30.1 Å². The van der Waals surface area contributed by atoms with Gasteiger partial charge in [-0.05, 0) is 25.5 Å². The van der Waals surface area contributed by atoms with Crippen LogP contribution in [0.25, 0.3) is 0 Å². The first kappa shape index (κ1) is 18.7. The first-order valence-corrected chi connectivity index (χ1v) is 10.2. The highest BCUT2D eigenvalue weighted by Crippen LogP contribution is 2.22. The number of aromatic nitrogens is 1. The van der Waals surface area contributed by atoms with Gasteiger partial charge in [0.1, 0.15) is 5.25 Å². The van der Waals surface area contributed by atoms with Gasteiger partial charge in [0.25, 0.3) is 0 Å². The van der Waals surface area contributed by atoms with Crippen molar-refractivity contribution in [3.8, 4) is 0 Å². The lowest BCUT2D eigenvalue weighted by Crippen LogP contribution is -2.48. The fourth-order valence-corrected chi connectivity index (χ4v) is 5.40. The number of hydrogen-bond acceptors (Lipinski definition) is 7. The van der Waals surface area contributed by atoms with Gasteiger partial charge < -0.3 is 4.74 Å². The third-order valence-electron chi connectivity index (χ3n) is 4.92. The highest BCUT2D eigenvalue weighted by molar-refractivity contribution is 7.90. The van der Waals surface area contributed by atoms with Gasteiger partial charge in [-0.3, -0.25) is 20.7 Å². The average molecular weight is 369 g/mol. The molecule has 2 fully saturated rings. The summed E-state index contributed by atoms with van der Waals surface area (Å²) in [6.07, 6.45) is 3.53. The van der Waals surface area contributed by atoms with E-state index < -0.39 is 15.3 Å². The molecule has 0 aliphatic carbocycles. The molecule has 2 aliphatic heterocycles. The lowest BCUT2D eigenvalue weighted by Gasteiger charge is -2.35. The molecule has 0 radical (unpaired) electrons. The van der Waals surface area contributed by atoms with E-state index in [9.17, 15) is 8.42 Å². The second kappa shape index (κ2) is 8.07. The minimum atomic E-state index is -3.45. The highest BCUT2D eigenvalue weighted by atomic mass is 32.2. The first-order chi connectivity index (χ1) is 12.0. The molecule has 25 heavy (non-hydrogen) atoms. The topological polar surface area (TPSA) is 95.6 Å². The molecule has 8 nitrogen and oxygen atoms in total. The van der Waals surface area contributed by atoms with E-state index in [0.717, 1.165) is 18.7 Å². The predicted molar refractivity (Wildman–Crippen MR) is 95.3 cm³/mol. The molecule has 3 N–H and O–H groups in total. The lowest BCUT2D eigenvalue weighted by molar-refractivity contribution is 0.0171. The molecular formula is C16H27N5O3S. The number of nitrogens with one attached hydrogen (secondary N) is 3. The maximum atomic E-state index is 12.8. The van der Waals surface area contributed by atoms with Crippen molar-refractivity contribution in [1.82, 2.24) is 25.5 Å². The lowest BCUT2D eigenvalue weighted by atomic mass is 10.1. The number of ether oxygens (including phenoxy) is 1. The molecule has 1 aromatic rings. The molecule has 0 bridgehead atoms. The van der Waals surface area contributed by atoms with Gasteiger partial charge in [-0.1, -0.05) is 6.07 Å². The van der Waals surface area contributed by atoms with Crippen LogP contribution >= 0.6 is 0 Å². The van der Waals surface area contributed by atoms with Crippen LogP contribution in [0, 0.1) is 0 Å². The van der Waals surface area contributed by atoms with Gasteiger partial charge in [0.05, 0.1) is 19.3 Å². The van der Waals surface area contributed by atoms with Gasteiger partial charge in [0, 0.05) is 44.1 Å². The normalized spacial score (nSPS) is 29.6. The van der Waals surface area contributed by atoms with Crippen molar-refractivity contribution in [3.63, 3.8) is 0 Å². The Hall–Kier alpha value is -1.10. The molecule has 3 heterocycles. The Bertz CT molecular complexity index is 641. The van der Waals surface area contributed by atoms with Crippen molar-refractivity contribution in [2.45, 2.75) is 37.2 Å². The molecule has 3 unspecified atom stereocenters. The third kappa shape index (κ3) is 4.36. The summed E-state index contributed by atoms with van der Waals surface area (Å²) in [6, 6.07) is 3.53. The molecular weight excluding hydrogens is 342 g/mol. The molecule has 0 amide bonds. The summed E-state index contributed by atoms with van der Waals surface area (Å²) in [5.74, 6) is 0. The van der Waals surface area contributed by atoms with Gasteiger partial charge in [-0.15, -0.1) is 0 Å². The molecule has 3 atom stereocenters. The van der Waals surface area contributed by atoms with Gasteiger partial charge in [-0.25, -0.2) is 13.1 Å². The molecule has 2 aliphatic rings. The number of rotatable bonds is 6. The third-order valence-corrected chi connectivity index (χ3v) is 7.02. The minimum Gasteiger partial charge on any atom is -0.379 e. The van der Waals surface area contributed by atoms with Crippen LogP contribution in [0.2, 0.25) is 0 Å². The second-order valence-corrected chi connectivity index (χ2v) is 8.60. The van der Waals surface area contributed by atoms with E-state index in [1.54, 1.807) is 12.4 Å². The van der Waals surface area contributed by atoms with Crippen LogP contribution in [0.1, 0.15) is 25.5 Å².